The van der Waals surface area contributed by atoms with Gasteiger partial charge < -0.3 is 33.3 Å². The molecule has 0 saturated carbocycles. The van der Waals surface area contributed by atoms with E-state index in [2.05, 4.69) is 74.6 Å². The molecule has 0 amide bonds. The third kappa shape index (κ3) is 60.5. The zero-order chi connectivity index (χ0) is 56.2. The lowest BCUT2D eigenvalue weighted by Crippen LogP contribution is -2.44. The van der Waals surface area contributed by atoms with Gasteiger partial charge in [-0.05, 0) is 83.5 Å². The average molecular weight is 1080 g/mol. The quantitative estimate of drug-likeness (QED) is 0.0195. The van der Waals surface area contributed by atoms with Gasteiger partial charge in [-0.2, -0.15) is 0 Å². The van der Waals surface area contributed by atoms with Gasteiger partial charge in [-0.15, -0.1) is 0 Å². The molecule has 0 spiro atoms. The minimum atomic E-state index is -1.62. The van der Waals surface area contributed by atoms with E-state index in [-0.39, 0.29) is 38.6 Å². The van der Waals surface area contributed by atoms with E-state index in [9.17, 15) is 19.5 Å². The van der Waals surface area contributed by atoms with Gasteiger partial charge in [0.05, 0.1) is 40.3 Å². The van der Waals surface area contributed by atoms with Crippen LogP contribution in [0.5, 0.6) is 0 Å². The molecule has 77 heavy (non-hydrogen) atoms. The first-order chi connectivity index (χ1) is 37.6. The van der Waals surface area contributed by atoms with E-state index >= 15 is 0 Å². The number of esters is 2. The van der Waals surface area contributed by atoms with E-state index in [0.717, 1.165) is 70.6 Å². The molecule has 9 nitrogen and oxygen atoms in total. The lowest BCUT2D eigenvalue weighted by Gasteiger charge is -2.26. The van der Waals surface area contributed by atoms with Gasteiger partial charge in [0.15, 0.2) is 12.4 Å². The fraction of sp³-hybridized carbons (Fsp3) is 0.809. The molecule has 2 atom stereocenters. The van der Waals surface area contributed by atoms with Crippen molar-refractivity contribution in [3.63, 3.8) is 0 Å². The van der Waals surface area contributed by atoms with Gasteiger partial charge in [0, 0.05) is 12.8 Å². The zero-order valence-corrected chi connectivity index (χ0v) is 51.1. The molecule has 0 aromatic heterocycles. The number of likely N-dealkylation sites (N-methyl/N-ethyl adjacent to an activating group) is 1. The maximum Gasteiger partial charge on any atom is 0.306 e. The highest BCUT2D eigenvalue weighted by atomic mass is 16.7. The van der Waals surface area contributed by atoms with Crippen molar-refractivity contribution in [3.8, 4) is 0 Å². The molecule has 0 bridgehead atoms. The summed E-state index contributed by atoms with van der Waals surface area (Å²) >= 11 is 0. The van der Waals surface area contributed by atoms with Gasteiger partial charge in [0.2, 0.25) is 0 Å². The molecule has 9 heteroatoms. The van der Waals surface area contributed by atoms with Crippen molar-refractivity contribution in [1.82, 2.24) is 0 Å². The summed E-state index contributed by atoms with van der Waals surface area (Å²) in [5, 5.41) is 11.8. The van der Waals surface area contributed by atoms with Crippen molar-refractivity contribution in [2.24, 2.45) is 0 Å². The lowest BCUT2D eigenvalue weighted by molar-refractivity contribution is -0.870. The van der Waals surface area contributed by atoms with Gasteiger partial charge in [-0.25, -0.2) is 0 Å². The van der Waals surface area contributed by atoms with Crippen molar-refractivity contribution in [2.75, 3.05) is 47.5 Å². The van der Waals surface area contributed by atoms with Gasteiger partial charge in [0.25, 0.3) is 0 Å². The summed E-state index contributed by atoms with van der Waals surface area (Å²) in [4.78, 5) is 37.3. The number of carboxylic acids is 1. The number of unbranched alkanes of at least 4 members (excludes halogenated alkanes) is 35. The predicted octanol–water partition coefficient (Wildman–Crippen LogP) is 18.2. The van der Waals surface area contributed by atoms with Crippen LogP contribution in [0.3, 0.4) is 0 Å². The van der Waals surface area contributed by atoms with Crippen LogP contribution in [0.25, 0.3) is 0 Å². The average Bonchev–Trinajstić information content (AvgIpc) is 3.40. The zero-order valence-electron chi connectivity index (χ0n) is 51.1. The fourth-order valence-corrected chi connectivity index (χ4v) is 9.22. The molecule has 0 radical (unpaired) electrons. The minimum absolute atomic E-state index is 0.145. The van der Waals surface area contributed by atoms with E-state index in [4.69, 9.17) is 18.9 Å². The molecule has 0 aromatic carbocycles. The van der Waals surface area contributed by atoms with Crippen LogP contribution in [0.2, 0.25) is 0 Å². The van der Waals surface area contributed by atoms with Gasteiger partial charge >= 0.3 is 11.9 Å². The molecule has 0 aromatic rings. The molecule has 0 N–H and O–H groups in total. The third-order valence-electron chi connectivity index (χ3n) is 14.2. The molecular weight excluding hydrogens is 959 g/mol. The predicted molar refractivity (Wildman–Crippen MR) is 325 cm³/mol. The molecule has 2 unspecified atom stereocenters. The summed E-state index contributed by atoms with van der Waals surface area (Å²) in [6, 6.07) is 0. The molecule has 0 heterocycles. The Hall–Kier alpha value is -3.01. The number of carboxylic acid groups (broad SMARTS) is 1. The van der Waals surface area contributed by atoms with E-state index in [0.29, 0.717) is 17.4 Å². The maximum absolute atomic E-state index is 12.9. The number of ether oxygens (including phenoxy) is 4. The Morgan fingerprint density at radius 2 is 0.701 bits per heavy atom. The van der Waals surface area contributed by atoms with E-state index in [1.54, 1.807) is 0 Å². The Labute approximate surface area is 475 Å². The molecular formula is C68H123NO8. The summed E-state index contributed by atoms with van der Waals surface area (Å²) in [6.45, 7) is 4.72. The maximum atomic E-state index is 12.9. The summed E-state index contributed by atoms with van der Waals surface area (Å²) in [7, 11) is 5.92. The Balaban J connectivity index is 4.01. The second kappa shape index (κ2) is 59.1. The van der Waals surface area contributed by atoms with Crippen molar-refractivity contribution < 1.29 is 42.9 Å². The van der Waals surface area contributed by atoms with Crippen molar-refractivity contribution in [1.29, 1.82) is 0 Å². The number of aliphatic carboxylic acids is 1. The van der Waals surface area contributed by atoms with Crippen LogP contribution >= 0.6 is 0 Å². The monoisotopic (exact) mass is 1080 g/mol. The number of allylic oxidation sites excluding steroid dienone is 10. The second-order valence-electron chi connectivity index (χ2n) is 23.0. The molecule has 0 aliphatic carbocycles. The second-order valence-corrected chi connectivity index (χ2v) is 23.0. The highest BCUT2D eigenvalue weighted by molar-refractivity contribution is 5.70. The van der Waals surface area contributed by atoms with E-state index in [1.807, 2.05) is 21.1 Å². The van der Waals surface area contributed by atoms with Crippen LogP contribution < -0.4 is 5.11 Å². The van der Waals surface area contributed by atoms with E-state index in [1.165, 1.54) is 193 Å². The SMILES string of the molecule is CCCCC/C=C\C/C=C\CCCCCCCC(=O)OCC(COC(OCC[N+](C)(C)C)C(=O)[O-])OC(=O)CCCCCCCCCCCCCCCCCCCCCCCC/C=C\C/C=C\C/C=C\CCCCCCC. The van der Waals surface area contributed by atoms with Crippen LogP contribution in [0.15, 0.2) is 60.8 Å². The largest absolute Gasteiger partial charge is 0.545 e. The minimum Gasteiger partial charge on any atom is -0.545 e. The number of nitrogens with zero attached hydrogens (tertiary/aromatic N) is 1. The number of hydrogen-bond acceptors (Lipinski definition) is 8. The number of carbonyl (C=O) groups is 3. The highest BCUT2D eigenvalue weighted by Crippen LogP contribution is 2.17. The number of quaternary nitrogens is 1. The lowest BCUT2D eigenvalue weighted by atomic mass is 10.0. The molecule has 0 rings (SSSR count). The van der Waals surface area contributed by atoms with Crippen LogP contribution in [0.1, 0.15) is 296 Å². The summed E-state index contributed by atoms with van der Waals surface area (Å²) < 4.78 is 22.7. The Morgan fingerprint density at radius 1 is 0.390 bits per heavy atom. The standard InChI is InChI=1S/C68H123NO8/c1-6-8-10-12-14-16-18-20-22-23-24-25-26-27-28-29-30-31-32-33-34-35-36-37-38-39-40-41-42-43-45-47-49-51-53-55-57-59-66(71)77-64(63-76-68(67(72)73)74-61-60-69(3,4)5)62-75-65(70)58-56-54-52-50-48-46-44-21-19-17-15-13-11-9-7-2/h15,17-18,20-21,23-24,26-27,44,64,68H,6-14,16,19,22,25,28-43,45-63H2,1-5H3/b17-15-,20-18-,24-23-,27-26-,44-21-. The molecule has 0 aliphatic heterocycles. The topological polar surface area (TPSA) is 111 Å². The first-order valence-electron chi connectivity index (χ1n) is 32.4. The number of rotatable bonds is 60. The molecule has 448 valence electrons. The van der Waals surface area contributed by atoms with Crippen LogP contribution in [0, 0.1) is 0 Å². The first kappa shape index (κ1) is 74.0. The summed E-state index contributed by atoms with van der Waals surface area (Å²) in [6.07, 6.45) is 73.0. The first-order valence-corrected chi connectivity index (χ1v) is 32.4. The van der Waals surface area contributed by atoms with Gasteiger partial charge in [-0.3, -0.25) is 9.59 Å². The van der Waals surface area contributed by atoms with Crippen molar-refractivity contribution in [2.45, 2.75) is 309 Å². The number of hydrogen-bond donors (Lipinski definition) is 0. The third-order valence-corrected chi connectivity index (χ3v) is 14.2. The van der Waals surface area contributed by atoms with Crippen LogP contribution in [0.4, 0.5) is 0 Å². The normalized spacial score (nSPS) is 13.1. The van der Waals surface area contributed by atoms with Crippen LogP contribution in [-0.2, 0) is 33.3 Å². The highest BCUT2D eigenvalue weighted by Gasteiger charge is 2.22. The smallest absolute Gasteiger partial charge is 0.306 e. The van der Waals surface area contributed by atoms with Crippen molar-refractivity contribution in [3.05, 3.63) is 60.8 Å². The Bertz CT molecular complexity index is 1450. The van der Waals surface area contributed by atoms with E-state index < -0.39 is 24.3 Å². The summed E-state index contributed by atoms with van der Waals surface area (Å²) in [5.74, 6) is -2.29. The number of carbonyl (C=O) groups excluding carboxylic acids is 3. The molecule has 0 aliphatic rings. The fourth-order valence-electron chi connectivity index (χ4n) is 9.22. The Morgan fingerprint density at radius 3 is 1.06 bits per heavy atom. The van der Waals surface area contributed by atoms with Crippen LogP contribution in [-0.4, -0.2) is 82.3 Å². The summed E-state index contributed by atoms with van der Waals surface area (Å²) in [5.41, 5.74) is 0. The molecule has 0 saturated heterocycles. The molecule has 0 fully saturated rings. The van der Waals surface area contributed by atoms with Crippen molar-refractivity contribution >= 4 is 17.9 Å². The Kier molecular flexibility index (Phi) is 56.8. The van der Waals surface area contributed by atoms with Gasteiger partial charge in [-0.1, -0.05) is 261 Å². The van der Waals surface area contributed by atoms with Gasteiger partial charge in [0.1, 0.15) is 13.2 Å².